The molecule has 0 bridgehead atoms. The van der Waals surface area contributed by atoms with Crippen molar-refractivity contribution in [3.05, 3.63) is 0 Å². The van der Waals surface area contributed by atoms with Gasteiger partial charge in [0.05, 0.1) is 0 Å². The van der Waals surface area contributed by atoms with Gasteiger partial charge < -0.3 is 0 Å². The Morgan fingerprint density at radius 3 is 0.100 bits per heavy atom. The van der Waals surface area contributed by atoms with Gasteiger partial charge in [0.15, 0.2) is 0 Å². The van der Waals surface area contributed by atoms with E-state index < -0.39 is 0 Å². The molecule has 0 aromatic heterocycles. The Balaban J connectivity index is 0. The maximum Gasteiger partial charge on any atom is 0 e. The van der Waals surface area contributed by atoms with Crippen LogP contribution in [0.4, 0.5) is 0 Å². The van der Waals surface area contributed by atoms with E-state index in [9.17, 15) is 0 Å². The summed E-state index contributed by atoms with van der Waals surface area (Å²) in [5.74, 6) is 0. The summed E-state index contributed by atoms with van der Waals surface area (Å²) in [7, 11) is 0. The summed E-state index contributed by atoms with van der Waals surface area (Å²) in [6.07, 6.45) is 0. The van der Waals surface area contributed by atoms with Crippen LogP contribution in [0.2, 0.25) is 0 Å². The van der Waals surface area contributed by atoms with Crippen molar-refractivity contribution in [2.75, 3.05) is 0 Å². The summed E-state index contributed by atoms with van der Waals surface area (Å²) >= 11 is 0. The van der Waals surface area contributed by atoms with Gasteiger partial charge in [-0.25, -0.2) is 0 Å². The molecule has 0 N–H and O–H groups in total. The molecule has 0 unspecified atom stereocenters. The molecule has 20 valence electrons. The fourth-order valence-electron chi connectivity index (χ4n) is 0. The molecule has 10 heavy (non-hydrogen) atoms. The van der Waals surface area contributed by atoms with Crippen LogP contribution in [0, 0.1) is 0 Å². The average molecular weight is 2670 g/mol. The Labute approximate surface area is 0 Å². The predicted molar refractivity (Wildman–Crippen MR) is 0 cm³/mol. The van der Waals surface area contributed by atoms with E-state index in [-0.39, 0.29) is 0 Å². The quantitative estimate of drug-likeness (QED) is 0.321. The number of hydrogen-bond donors (Lipinski definition) is 0. The molecule has 0 aliphatic rings. The molecule has 0 spiro atoms. The summed E-state index contributed by atoms with van der Waals surface area (Å²) in [4.78, 5) is 0. The Morgan fingerprint density at radius 1 is 0.100 bits per heavy atom. The van der Waals surface area contributed by atoms with E-state index in [0.717, 1.165) is 0 Å². The minimum absolute atomic E-state index is 0. The molecule has 0 rings (SSSR count). The van der Waals surface area contributed by atoms with Crippen molar-refractivity contribution in [1.82, 2.24) is 0 Å². The number of hydrogen-bond acceptors (Lipinski definition) is 0. The topological polar surface area (TPSA) is 0 Å². The third-order valence-electron chi connectivity index (χ3n) is 0. The Kier molecular flexibility index (Phi) is 0. The van der Waals surface area contributed by atoms with Crippen molar-refractivity contribution >= 4 is 0 Å². The van der Waals surface area contributed by atoms with Gasteiger partial charge in [-0.2, -0.15) is 0 Å². The first kappa shape index (κ1) is 0. The van der Waals surface area contributed by atoms with Crippen molar-refractivity contribution in [1.29, 1.82) is 0 Å². The molecule has 0 aromatic rings. The average Bonchev–Trinajstić information content (AvgIpc) is 0. The standard InChI is InChI=1S/10Rf. The molecule has 0 saturated heterocycles. The predicted octanol–water partition coefficient (Wildman–Crippen LogP) is 0. The van der Waals surface area contributed by atoms with E-state index in [1.54, 1.807) is 0 Å². The second-order valence-electron chi connectivity index (χ2n) is 0. The van der Waals surface area contributed by atoms with Crippen molar-refractivity contribution in [3.8, 4) is 0 Å². The molecule has 0 radical (unpaired) electrons. The van der Waals surface area contributed by atoms with E-state index in [0.29, 0.717) is 0 Å². The molecule has 0 fully saturated rings. The minimum atomic E-state index is 0. The van der Waals surface area contributed by atoms with Gasteiger partial charge in [0.1, 0.15) is 0 Å². The monoisotopic (exact) mass is 2670 g/mol. The molecule has 0 aliphatic carbocycles. The minimum Gasteiger partial charge on any atom is 0 e. The maximum absolute atomic E-state index is 0. The van der Waals surface area contributed by atoms with Crippen LogP contribution in [-0.2, 0) is 0 Å². The van der Waals surface area contributed by atoms with Crippen LogP contribution in [0.25, 0.3) is 0 Å². The third-order valence-corrected chi connectivity index (χ3v) is 0. The maximum atomic E-state index is 0. The van der Waals surface area contributed by atoms with Gasteiger partial charge in [0.2, 0.25) is 0 Å². The van der Waals surface area contributed by atoms with Gasteiger partial charge in [-0.1, -0.05) is 0 Å². The van der Waals surface area contributed by atoms with Gasteiger partial charge in [-0.05, 0) is 0 Å². The van der Waals surface area contributed by atoms with Gasteiger partial charge in [-0.3, -0.25) is 0 Å². The normalized spacial score (nSPS) is 0. The summed E-state index contributed by atoms with van der Waals surface area (Å²) < 4.78 is 0. The van der Waals surface area contributed by atoms with Crippen LogP contribution in [0.3, 0.4) is 0 Å². The van der Waals surface area contributed by atoms with E-state index >= 15 is 0 Å². The molecular formula is Rf10. The van der Waals surface area contributed by atoms with Crippen molar-refractivity contribution in [2.24, 2.45) is 0 Å². The molecule has 0 nitrogen and oxygen atoms in total. The van der Waals surface area contributed by atoms with E-state index in [2.05, 4.69) is 0 Å². The van der Waals surface area contributed by atoms with Crippen LogP contribution in [0.15, 0.2) is 0 Å². The van der Waals surface area contributed by atoms with Gasteiger partial charge in [-0.15, -0.1) is 0 Å². The first-order valence-electron chi connectivity index (χ1n) is 0. The van der Waals surface area contributed by atoms with Gasteiger partial charge in [0.25, 0.3) is 0 Å². The second-order valence-corrected chi connectivity index (χ2v) is 0. The van der Waals surface area contributed by atoms with Gasteiger partial charge in [0, 0.05) is 0 Å². The molecule has 0 aromatic carbocycles. The second kappa shape index (κ2) is -0.0400. The van der Waals surface area contributed by atoms with Crippen molar-refractivity contribution in [2.45, 2.75) is 0 Å². The Morgan fingerprint density at radius 2 is 0.100 bits per heavy atom. The smallest absolute Gasteiger partial charge is 0 e. The summed E-state index contributed by atoms with van der Waals surface area (Å²) in [5, 5.41) is 0. The SMILES string of the molecule is [Rf].[Rf].[Rf].[Rf].[Rf].[Rf].[Rf].[Rf].[Rf].[Rf]. The van der Waals surface area contributed by atoms with E-state index in [1.807, 2.05) is 0 Å². The Bertz CT molecular complexity index is 0. The largest absolute Gasteiger partial charge is 0 e. The first-order chi connectivity index (χ1) is 0. The molecule has 0 atom stereocenters. The van der Waals surface area contributed by atoms with Crippen LogP contribution in [0.5, 0.6) is 0 Å². The summed E-state index contributed by atoms with van der Waals surface area (Å²) in [5.41, 5.74) is 0. The summed E-state index contributed by atoms with van der Waals surface area (Å²) in [6, 6.07) is 0. The van der Waals surface area contributed by atoms with Crippen LogP contribution in [0.1, 0.15) is 0 Å². The van der Waals surface area contributed by atoms with Crippen molar-refractivity contribution in [3.63, 3.8) is 0 Å². The zero-order chi connectivity index (χ0) is 0. The van der Waals surface area contributed by atoms with E-state index in [1.165, 1.54) is 0 Å². The zero-order valence-corrected chi connectivity index (χ0v) is 71.1. The molecule has 0 amide bonds. The first-order valence-corrected chi connectivity index (χ1v) is 0. The fourth-order valence-corrected chi connectivity index (χ4v) is 0. The van der Waals surface area contributed by atoms with Crippen LogP contribution >= 0.6 is 0 Å². The third kappa shape index (κ3) is -0.180. The van der Waals surface area contributed by atoms with Gasteiger partial charge >= 0.3 is 0 Å². The number of rotatable bonds is 0. The molecular weight excluding hydrogens is 2670 g/mol. The molecule has 0 saturated carbocycles. The van der Waals surface area contributed by atoms with E-state index in [4.69, 9.17) is 0 Å². The van der Waals surface area contributed by atoms with Crippen LogP contribution < -0.4 is 0 Å². The van der Waals surface area contributed by atoms with Crippen molar-refractivity contribution < 1.29 is 0 Å². The zero-order valence-electron chi connectivity index (χ0n) is 7.07. The molecule has 0 heterocycles. The Hall–Kier alpha value is -10.0. The molecule has 0 aliphatic heterocycles. The molecule has 10 heteroatoms. The van der Waals surface area contributed by atoms with Crippen LogP contribution in [-0.4, -0.2) is 0 Å². The summed E-state index contributed by atoms with van der Waals surface area (Å²) in [6.45, 7) is 0. The fraction of sp³-hybridized carbons (Fsp3) is 0.